The standard InChI is InChI=1S/C15H14N4O3/c1-8-7-11(17-19(8)3)13(20)16-10-6-4-5-9-12(10)15(22)18(2)14(9)21/h4-7H,1-3H3,(H,16,20). The average molecular weight is 298 g/mol. The number of benzene rings is 1. The summed E-state index contributed by atoms with van der Waals surface area (Å²) < 4.78 is 1.59. The monoisotopic (exact) mass is 298 g/mol. The van der Waals surface area contributed by atoms with Crippen LogP contribution in [0.3, 0.4) is 0 Å². The van der Waals surface area contributed by atoms with Crippen molar-refractivity contribution in [3.63, 3.8) is 0 Å². The van der Waals surface area contributed by atoms with E-state index >= 15 is 0 Å². The zero-order chi connectivity index (χ0) is 16.0. The number of nitrogens with zero attached hydrogens (tertiary/aromatic N) is 3. The molecule has 7 heteroatoms. The van der Waals surface area contributed by atoms with Gasteiger partial charge >= 0.3 is 0 Å². The zero-order valence-electron chi connectivity index (χ0n) is 12.4. The highest BCUT2D eigenvalue weighted by Crippen LogP contribution is 2.28. The predicted octanol–water partition coefficient (Wildman–Crippen LogP) is 1.21. The maximum absolute atomic E-state index is 12.3. The van der Waals surface area contributed by atoms with Crippen molar-refractivity contribution in [2.45, 2.75) is 6.92 Å². The second kappa shape index (κ2) is 4.80. The third kappa shape index (κ3) is 1.98. The largest absolute Gasteiger partial charge is 0.320 e. The van der Waals surface area contributed by atoms with Gasteiger partial charge in [-0.3, -0.25) is 24.0 Å². The Bertz CT molecular complexity index is 803. The number of rotatable bonds is 2. The molecule has 0 saturated heterocycles. The number of aromatic nitrogens is 2. The van der Waals surface area contributed by atoms with Crippen molar-refractivity contribution in [1.29, 1.82) is 0 Å². The Morgan fingerprint density at radius 2 is 1.91 bits per heavy atom. The second-order valence-corrected chi connectivity index (χ2v) is 5.15. The highest BCUT2D eigenvalue weighted by molar-refractivity contribution is 6.24. The SMILES string of the molecule is Cc1cc(C(=O)Nc2cccc3c2C(=O)N(C)C3=O)nn1C. The molecule has 1 aromatic carbocycles. The van der Waals surface area contributed by atoms with Crippen LogP contribution in [0, 0.1) is 6.92 Å². The summed E-state index contributed by atoms with van der Waals surface area (Å²) >= 11 is 0. The fourth-order valence-electron chi connectivity index (χ4n) is 2.36. The van der Waals surface area contributed by atoms with Crippen molar-refractivity contribution in [2.24, 2.45) is 7.05 Å². The Morgan fingerprint density at radius 3 is 2.55 bits per heavy atom. The summed E-state index contributed by atoms with van der Waals surface area (Å²) in [6.45, 7) is 1.83. The zero-order valence-corrected chi connectivity index (χ0v) is 12.4. The molecule has 0 fully saturated rings. The summed E-state index contributed by atoms with van der Waals surface area (Å²) in [6.07, 6.45) is 0. The molecular formula is C15H14N4O3. The van der Waals surface area contributed by atoms with Gasteiger partial charge < -0.3 is 5.32 Å². The molecule has 112 valence electrons. The van der Waals surface area contributed by atoms with Crippen LogP contribution >= 0.6 is 0 Å². The van der Waals surface area contributed by atoms with Gasteiger partial charge in [0.25, 0.3) is 17.7 Å². The fraction of sp³-hybridized carbons (Fsp3) is 0.200. The van der Waals surface area contributed by atoms with Crippen LogP contribution in [0.25, 0.3) is 0 Å². The average Bonchev–Trinajstić information content (AvgIpc) is 2.94. The molecule has 0 bridgehead atoms. The molecule has 0 radical (unpaired) electrons. The van der Waals surface area contributed by atoms with Crippen molar-refractivity contribution in [2.75, 3.05) is 12.4 Å². The van der Waals surface area contributed by atoms with E-state index in [4.69, 9.17) is 0 Å². The Labute approximate surface area is 126 Å². The molecule has 0 aliphatic carbocycles. The molecule has 3 amide bonds. The van der Waals surface area contributed by atoms with Gasteiger partial charge in [-0.25, -0.2) is 0 Å². The maximum Gasteiger partial charge on any atom is 0.276 e. The van der Waals surface area contributed by atoms with E-state index < -0.39 is 11.8 Å². The Hall–Kier alpha value is -2.96. The number of nitrogens with one attached hydrogen (secondary N) is 1. The number of hydrogen-bond donors (Lipinski definition) is 1. The van der Waals surface area contributed by atoms with E-state index in [9.17, 15) is 14.4 Å². The van der Waals surface area contributed by atoms with E-state index in [1.165, 1.54) is 7.05 Å². The van der Waals surface area contributed by atoms with Gasteiger partial charge in [0, 0.05) is 19.8 Å². The number of anilines is 1. The molecule has 0 spiro atoms. The van der Waals surface area contributed by atoms with Gasteiger partial charge in [0.1, 0.15) is 0 Å². The summed E-state index contributed by atoms with van der Waals surface area (Å²) in [5.41, 5.74) is 1.92. The van der Waals surface area contributed by atoms with E-state index in [1.807, 2.05) is 6.92 Å². The van der Waals surface area contributed by atoms with Crippen LogP contribution in [0.2, 0.25) is 0 Å². The topological polar surface area (TPSA) is 84.3 Å². The summed E-state index contributed by atoms with van der Waals surface area (Å²) in [4.78, 5) is 37.4. The minimum atomic E-state index is -0.424. The lowest BCUT2D eigenvalue weighted by Gasteiger charge is -2.07. The molecule has 0 unspecified atom stereocenters. The van der Waals surface area contributed by atoms with Gasteiger partial charge in [-0.2, -0.15) is 5.10 Å². The van der Waals surface area contributed by atoms with Crippen LogP contribution in [-0.4, -0.2) is 39.4 Å². The first kappa shape index (κ1) is 14.0. The van der Waals surface area contributed by atoms with Crippen molar-refractivity contribution >= 4 is 23.4 Å². The minimum absolute atomic E-state index is 0.219. The second-order valence-electron chi connectivity index (χ2n) is 5.15. The summed E-state index contributed by atoms with van der Waals surface area (Å²) in [5, 5.41) is 6.75. The molecule has 1 aliphatic rings. The first-order chi connectivity index (χ1) is 10.4. The molecule has 0 atom stereocenters. The molecule has 22 heavy (non-hydrogen) atoms. The Balaban J connectivity index is 1.96. The number of imide groups is 1. The number of hydrogen-bond acceptors (Lipinski definition) is 4. The van der Waals surface area contributed by atoms with Crippen LogP contribution in [-0.2, 0) is 7.05 Å². The summed E-state index contributed by atoms with van der Waals surface area (Å²) in [5.74, 6) is -1.22. The van der Waals surface area contributed by atoms with Crippen LogP contribution in [0.5, 0.6) is 0 Å². The maximum atomic E-state index is 12.3. The molecule has 7 nitrogen and oxygen atoms in total. The van der Waals surface area contributed by atoms with Crippen LogP contribution < -0.4 is 5.32 Å². The van der Waals surface area contributed by atoms with Crippen molar-refractivity contribution < 1.29 is 14.4 Å². The van der Waals surface area contributed by atoms with Gasteiger partial charge in [-0.15, -0.1) is 0 Å². The van der Waals surface area contributed by atoms with Crippen LogP contribution in [0.1, 0.15) is 36.9 Å². The van der Waals surface area contributed by atoms with Crippen LogP contribution in [0.4, 0.5) is 5.69 Å². The van der Waals surface area contributed by atoms with E-state index in [2.05, 4.69) is 10.4 Å². The lowest BCUT2D eigenvalue weighted by molar-refractivity contribution is 0.0693. The molecule has 1 aromatic heterocycles. The van der Waals surface area contributed by atoms with Gasteiger partial charge in [0.2, 0.25) is 0 Å². The van der Waals surface area contributed by atoms with Gasteiger partial charge in [-0.05, 0) is 25.1 Å². The third-order valence-corrected chi connectivity index (χ3v) is 3.71. The lowest BCUT2D eigenvalue weighted by Crippen LogP contribution is -2.24. The molecular weight excluding hydrogens is 284 g/mol. The third-order valence-electron chi connectivity index (χ3n) is 3.71. The molecule has 2 heterocycles. The smallest absolute Gasteiger partial charge is 0.276 e. The number of fused-ring (bicyclic) bond motifs is 1. The first-order valence-corrected chi connectivity index (χ1v) is 6.67. The number of carbonyl (C=O) groups is 3. The molecule has 3 rings (SSSR count). The van der Waals surface area contributed by atoms with Crippen molar-refractivity contribution in [3.8, 4) is 0 Å². The quantitative estimate of drug-likeness (QED) is 0.844. The normalized spacial score (nSPS) is 13.5. The molecule has 1 aliphatic heterocycles. The predicted molar refractivity (Wildman–Crippen MR) is 78.8 cm³/mol. The molecule has 2 aromatic rings. The lowest BCUT2D eigenvalue weighted by atomic mass is 10.1. The van der Waals surface area contributed by atoms with E-state index in [0.29, 0.717) is 11.3 Å². The molecule has 0 saturated carbocycles. The van der Waals surface area contributed by atoms with Gasteiger partial charge in [0.15, 0.2) is 5.69 Å². The van der Waals surface area contributed by atoms with E-state index in [0.717, 1.165) is 10.6 Å². The first-order valence-electron chi connectivity index (χ1n) is 6.67. The van der Waals surface area contributed by atoms with E-state index in [1.54, 1.807) is 36.0 Å². The molecule has 1 N–H and O–H groups in total. The van der Waals surface area contributed by atoms with Crippen molar-refractivity contribution in [3.05, 3.63) is 46.8 Å². The number of amides is 3. The van der Waals surface area contributed by atoms with Crippen LogP contribution in [0.15, 0.2) is 24.3 Å². The number of aryl methyl sites for hydroxylation is 2. The Kier molecular flexibility index (Phi) is 3.05. The van der Waals surface area contributed by atoms with Gasteiger partial charge in [0.05, 0.1) is 16.8 Å². The highest BCUT2D eigenvalue weighted by Gasteiger charge is 2.35. The number of carbonyl (C=O) groups excluding carboxylic acids is 3. The van der Waals surface area contributed by atoms with Gasteiger partial charge in [-0.1, -0.05) is 6.07 Å². The summed E-state index contributed by atoms with van der Waals surface area (Å²) in [7, 11) is 3.15. The highest BCUT2D eigenvalue weighted by atomic mass is 16.2. The van der Waals surface area contributed by atoms with E-state index in [-0.39, 0.29) is 17.2 Å². The fourth-order valence-corrected chi connectivity index (χ4v) is 2.36. The minimum Gasteiger partial charge on any atom is -0.320 e. The summed E-state index contributed by atoms with van der Waals surface area (Å²) in [6, 6.07) is 6.44. The van der Waals surface area contributed by atoms with Crippen molar-refractivity contribution in [1.82, 2.24) is 14.7 Å². The Morgan fingerprint density at radius 1 is 1.18 bits per heavy atom.